The lowest BCUT2D eigenvalue weighted by Gasteiger charge is -2.12. The summed E-state index contributed by atoms with van der Waals surface area (Å²) in [5.74, 6) is -0.128. The van der Waals surface area contributed by atoms with Gasteiger partial charge in [0.1, 0.15) is 0 Å². The van der Waals surface area contributed by atoms with E-state index in [4.69, 9.17) is 0 Å². The molecule has 2 unspecified atom stereocenters. The highest BCUT2D eigenvalue weighted by Crippen LogP contribution is 2.09. The summed E-state index contributed by atoms with van der Waals surface area (Å²) in [5.41, 5.74) is 0. The van der Waals surface area contributed by atoms with Crippen molar-refractivity contribution in [1.82, 2.24) is 9.55 Å². The first-order chi connectivity index (χ1) is 6.04. The van der Waals surface area contributed by atoms with Crippen molar-refractivity contribution in [2.45, 2.75) is 20.0 Å². The number of imidazole rings is 1. The Morgan fingerprint density at radius 2 is 2.23 bits per heavy atom. The second kappa shape index (κ2) is 3.70. The molecule has 0 radical (unpaired) electrons. The minimum atomic E-state index is -0.635. The summed E-state index contributed by atoms with van der Waals surface area (Å²) < 4.78 is 1.65. The number of nitrogens with zero attached hydrogens (tertiary/aromatic N) is 2. The van der Waals surface area contributed by atoms with Gasteiger partial charge in [-0.05, 0) is 6.92 Å². The van der Waals surface area contributed by atoms with Gasteiger partial charge in [0.05, 0.1) is 6.10 Å². The third-order valence-corrected chi connectivity index (χ3v) is 2.18. The maximum Gasteiger partial charge on any atom is 0.203 e. The van der Waals surface area contributed by atoms with Crippen molar-refractivity contribution in [3.63, 3.8) is 0 Å². The molecular formula is C9H14N2O2. The molecule has 4 heteroatoms. The lowest BCUT2D eigenvalue weighted by atomic mass is 10.0. The maximum atomic E-state index is 11.6. The van der Waals surface area contributed by atoms with E-state index in [0.717, 1.165) is 0 Å². The molecule has 1 N–H and O–H groups in total. The van der Waals surface area contributed by atoms with E-state index in [1.807, 2.05) is 0 Å². The molecule has 72 valence electrons. The number of Topliss-reactive ketones (excluding diaryl/α,β-unsaturated/α-hetero) is 1. The van der Waals surface area contributed by atoms with E-state index in [1.54, 1.807) is 37.9 Å². The molecule has 2 atom stereocenters. The molecule has 0 aromatic carbocycles. The van der Waals surface area contributed by atoms with Crippen molar-refractivity contribution < 1.29 is 9.90 Å². The molecule has 0 aliphatic heterocycles. The fraction of sp³-hybridized carbons (Fsp3) is 0.556. The second-order valence-corrected chi connectivity index (χ2v) is 3.26. The van der Waals surface area contributed by atoms with Gasteiger partial charge in [-0.3, -0.25) is 4.79 Å². The largest absolute Gasteiger partial charge is 0.393 e. The van der Waals surface area contributed by atoms with Crippen LogP contribution in [0.5, 0.6) is 0 Å². The van der Waals surface area contributed by atoms with Gasteiger partial charge in [-0.25, -0.2) is 4.98 Å². The van der Waals surface area contributed by atoms with Gasteiger partial charge >= 0.3 is 0 Å². The zero-order valence-corrected chi connectivity index (χ0v) is 8.06. The molecule has 0 spiro atoms. The standard InChI is InChI=1S/C9H14N2O2/c1-6(7(2)12)8(13)9-10-4-5-11(9)3/h4-7,12H,1-3H3. The van der Waals surface area contributed by atoms with Crippen LogP contribution in [0.25, 0.3) is 0 Å². The van der Waals surface area contributed by atoms with Crippen molar-refractivity contribution in [1.29, 1.82) is 0 Å². The number of hydrogen-bond acceptors (Lipinski definition) is 3. The van der Waals surface area contributed by atoms with Crippen molar-refractivity contribution >= 4 is 5.78 Å². The molecule has 1 aromatic heterocycles. The van der Waals surface area contributed by atoms with Crippen LogP contribution in [0.15, 0.2) is 12.4 Å². The Balaban J connectivity index is 2.86. The Bertz CT molecular complexity index is 304. The molecule has 0 saturated heterocycles. The highest BCUT2D eigenvalue weighted by molar-refractivity contribution is 5.94. The predicted molar refractivity (Wildman–Crippen MR) is 48.4 cm³/mol. The van der Waals surface area contributed by atoms with Crippen molar-refractivity contribution in [2.24, 2.45) is 13.0 Å². The number of hydrogen-bond donors (Lipinski definition) is 1. The van der Waals surface area contributed by atoms with Crippen LogP contribution in [-0.4, -0.2) is 26.5 Å². The van der Waals surface area contributed by atoms with Crippen molar-refractivity contribution in [3.8, 4) is 0 Å². The molecule has 0 aliphatic carbocycles. The van der Waals surface area contributed by atoms with Gasteiger partial charge in [0.25, 0.3) is 0 Å². The van der Waals surface area contributed by atoms with Gasteiger partial charge in [0.2, 0.25) is 5.78 Å². The Labute approximate surface area is 77.2 Å². The normalized spacial score (nSPS) is 15.4. The third-order valence-electron chi connectivity index (χ3n) is 2.18. The van der Waals surface area contributed by atoms with Gasteiger partial charge < -0.3 is 9.67 Å². The number of aliphatic hydroxyl groups is 1. The van der Waals surface area contributed by atoms with Crippen LogP contribution >= 0.6 is 0 Å². The predicted octanol–water partition coefficient (Wildman–Crippen LogP) is 0.620. The minimum absolute atomic E-state index is 0.123. The summed E-state index contributed by atoms with van der Waals surface area (Å²) in [4.78, 5) is 15.5. The summed E-state index contributed by atoms with van der Waals surface area (Å²) >= 11 is 0. The maximum absolute atomic E-state index is 11.6. The van der Waals surface area contributed by atoms with Crippen molar-refractivity contribution in [3.05, 3.63) is 18.2 Å². The fourth-order valence-electron chi connectivity index (χ4n) is 1.03. The first-order valence-corrected chi connectivity index (χ1v) is 4.23. The van der Waals surface area contributed by atoms with Gasteiger partial charge in [-0.15, -0.1) is 0 Å². The lowest BCUT2D eigenvalue weighted by Crippen LogP contribution is -2.25. The Morgan fingerprint density at radius 3 is 2.62 bits per heavy atom. The average molecular weight is 182 g/mol. The van der Waals surface area contributed by atoms with Crippen LogP contribution in [0.1, 0.15) is 24.5 Å². The molecule has 0 amide bonds. The third kappa shape index (κ3) is 1.95. The molecule has 4 nitrogen and oxygen atoms in total. The van der Waals surface area contributed by atoms with Crippen LogP contribution in [-0.2, 0) is 7.05 Å². The Hall–Kier alpha value is -1.16. The SMILES string of the molecule is CC(O)C(C)C(=O)c1nccn1C. The van der Waals surface area contributed by atoms with Crippen LogP contribution in [0.2, 0.25) is 0 Å². The van der Waals surface area contributed by atoms with Crippen LogP contribution in [0, 0.1) is 5.92 Å². The topological polar surface area (TPSA) is 55.1 Å². The monoisotopic (exact) mass is 182 g/mol. The van der Waals surface area contributed by atoms with E-state index in [2.05, 4.69) is 4.98 Å². The molecule has 1 heterocycles. The lowest BCUT2D eigenvalue weighted by molar-refractivity contribution is 0.0745. The number of ketones is 1. The highest BCUT2D eigenvalue weighted by atomic mass is 16.3. The smallest absolute Gasteiger partial charge is 0.203 e. The summed E-state index contributed by atoms with van der Waals surface area (Å²) in [5, 5.41) is 9.22. The minimum Gasteiger partial charge on any atom is -0.393 e. The van der Waals surface area contributed by atoms with Gasteiger partial charge in [-0.1, -0.05) is 6.92 Å². The molecule has 0 aliphatic rings. The molecule has 0 bridgehead atoms. The molecule has 1 aromatic rings. The summed E-state index contributed by atoms with van der Waals surface area (Å²) in [6, 6.07) is 0. The Kier molecular flexibility index (Phi) is 2.83. The van der Waals surface area contributed by atoms with Gasteiger partial charge in [-0.2, -0.15) is 0 Å². The number of aryl methyl sites for hydroxylation is 1. The first-order valence-electron chi connectivity index (χ1n) is 4.23. The molecule has 13 heavy (non-hydrogen) atoms. The molecule has 1 rings (SSSR count). The van der Waals surface area contributed by atoms with Gasteiger partial charge in [0.15, 0.2) is 5.82 Å². The second-order valence-electron chi connectivity index (χ2n) is 3.26. The number of carbonyl (C=O) groups excluding carboxylic acids is 1. The van der Waals surface area contributed by atoms with Crippen LogP contribution in [0.4, 0.5) is 0 Å². The van der Waals surface area contributed by atoms with Crippen LogP contribution < -0.4 is 0 Å². The molecule has 0 fully saturated rings. The first kappa shape index (κ1) is 9.92. The van der Waals surface area contributed by atoms with Crippen molar-refractivity contribution in [2.75, 3.05) is 0 Å². The van der Waals surface area contributed by atoms with E-state index in [-0.39, 0.29) is 5.78 Å². The number of rotatable bonds is 3. The zero-order chi connectivity index (χ0) is 10.0. The summed E-state index contributed by atoms with van der Waals surface area (Å²) in [7, 11) is 1.76. The zero-order valence-electron chi connectivity index (χ0n) is 8.06. The van der Waals surface area contributed by atoms with E-state index < -0.39 is 12.0 Å². The number of aromatic nitrogens is 2. The van der Waals surface area contributed by atoms with E-state index in [1.165, 1.54) is 0 Å². The highest BCUT2D eigenvalue weighted by Gasteiger charge is 2.22. The summed E-state index contributed by atoms with van der Waals surface area (Å²) in [6.07, 6.45) is 2.65. The quantitative estimate of drug-likeness (QED) is 0.697. The Morgan fingerprint density at radius 1 is 1.62 bits per heavy atom. The fourth-order valence-corrected chi connectivity index (χ4v) is 1.03. The van der Waals surface area contributed by atoms with Crippen LogP contribution in [0.3, 0.4) is 0 Å². The number of carbonyl (C=O) groups is 1. The van der Waals surface area contributed by atoms with Gasteiger partial charge in [0, 0.05) is 25.4 Å². The molecule has 0 saturated carbocycles. The van der Waals surface area contributed by atoms with E-state index in [9.17, 15) is 9.90 Å². The average Bonchev–Trinajstić information content (AvgIpc) is 2.48. The summed E-state index contributed by atoms with van der Waals surface area (Å²) in [6.45, 7) is 3.30. The number of aliphatic hydroxyl groups excluding tert-OH is 1. The van der Waals surface area contributed by atoms with E-state index >= 15 is 0 Å². The molecular weight excluding hydrogens is 168 g/mol. The van der Waals surface area contributed by atoms with E-state index in [0.29, 0.717) is 5.82 Å².